The van der Waals surface area contributed by atoms with E-state index in [9.17, 15) is 0 Å². The Labute approximate surface area is 128 Å². The van der Waals surface area contributed by atoms with Gasteiger partial charge < -0.3 is 10.2 Å². The number of unbranched alkanes of at least 4 members (excludes halogenated alkanes) is 2. The summed E-state index contributed by atoms with van der Waals surface area (Å²) in [5.41, 5.74) is 0. The molecule has 0 bridgehead atoms. The van der Waals surface area contributed by atoms with E-state index in [-0.39, 0.29) is 0 Å². The molecule has 2 rings (SSSR count). The summed E-state index contributed by atoms with van der Waals surface area (Å²) in [4.78, 5) is 11.4. The van der Waals surface area contributed by atoms with Crippen LogP contribution in [0.4, 0.5) is 11.8 Å². The van der Waals surface area contributed by atoms with Crippen molar-refractivity contribution < 1.29 is 0 Å². The molecule has 1 aliphatic rings. The van der Waals surface area contributed by atoms with Crippen molar-refractivity contribution >= 4 is 11.8 Å². The Morgan fingerprint density at radius 1 is 1.19 bits per heavy atom. The van der Waals surface area contributed by atoms with Gasteiger partial charge in [-0.3, -0.25) is 0 Å². The van der Waals surface area contributed by atoms with Crippen molar-refractivity contribution in [3.05, 3.63) is 24.4 Å². The van der Waals surface area contributed by atoms with Crippen LogP contribution < -0.4 is 10.2 Å². The van der Waals surface area contributed by atoms with Gasteiger partial charge in [-0.25, -0.2) is 4.98 Å². The van der Waals surface area contributed by atoms with E-state index < -0.39 is 0 Å². The lowest BCUT2D eigenvalue weighted by Crippen LogP contribution is -2.25. The summed E-state index contributed by atoms with van der Waals surface area (Å²) >= 11 is 0. The highest BCUT2D eigenvalue weighted by Gasteiger charge is 2.11. The van der Waals surface area contributed by atoms with Gasteiger partial charge in [0, 0.05) is 25.8 Å². The Balaban J connectivity index is 1.79. The molecule has 1 N–H and O–H groups in total. The average Bonchev–Trinajstić information content (AvgIpc) is 2.80. The summed E-state index contributed by atoms with van der Waals surface area (Å²) in [7, 11) is 0. The van der Waals surface area contributed by atoms with Crippen molar-refractivity contribution in [1.29, 1.82) is 0 Å². The molecule has 4 nitrogen and oxygen atoms in total. The topological polar surface area (TPSA) is 41.1 Å². The van der Waals surface area contributed by atoms with Crippen LogP contribution in [-0.2, 0) is 0 Å². The first-order valence-corrected chi connectivity index (χ1v) is 8.33. The van der Waals surface area contributed by atoms with Gasteiger partial charge >= 0.3 is 0 Å². The fourth-order valence-corrected chi connectivity index (χ4v) is 2.66. The fourth-order valence-electron chi connectivity index (χ4n) is 2.66. The van der Waals surface area contributed by atoms with Crippen LogP contribution in [0.1, 0.15) is 51.9 Å². The molecular formula is C17H28N4. The summed E-state index contributed by atoms with van der Waals surface area (Å²) in [6, 6.07) is 2.03. The molecule has 1 fully saturated rings. The smallest absolute Gasteiger partial charge is 0.224 e. The third kappa shape index (κ3) is 5.74. The van der Waals surface area contributed by atoms with E-state index in [4.69, 9.17) is 0 Å². The van der Waals surface area contributed by atoms with Gasteiger partial charge in [-0.05, 0) is 45.1 Å². The first kappa shape index (κ1) is 15.8. The number of anilines is 2. The molecule has 2 heterocycles. The number of hydrogen-bond acceptors (Lipinski definition) is 4. The number of aromatic nitrogens is 2. The number of nitrogens with zero attached hydrogens (tertiary/aromatic N) is 3. The predicted molar refractivity (Wildman–Crippen MR) is 89.9 cm³/mol. The highest BCUT2D eigenvalue weighted by molar-refractivity contribution is 5.42. The zero-order chi connectivity index (χ0) is 14.8. The second-order valence-electron chi connectivity index (χ2n) is 5.63. The van der Waals surface area contributed by atoms with Crippen LogP contribution in [-0.4, -0.2) is 29.6 Å². The second kappa shape index (κ2) is 9.37. The molecule has 0 atom stereocenters. The molecule has 0 aliphatic carbocycles. The number of rotatable bonds is 7. The van der Waals surface area contributed by atoms with Crippen molar-refractivity contribution in [2.45, 2.75) is 51.9 Å². The minimum absolute atomic E-state index is 0.766. The molecule has 0 spiro atoms. The minimum Gasteiger partial charge on any atom is -0.356 e. The van der Waals surface area contributed by atoms with Crippen molar-refractivity contribution in [3.63, 3.8) is 0 Å². The van der Waals surface area contributed by atoms with Crippen LogP contribution in [0, 0.1) is 0 Å². The maximum atomic E-state index is 4.66. The summed E-state index contributed by atoms with van der Waals surface area (Å²) in [6.45, 7) is 5.26. The molecule has 0 saturated carbocycles. The minimum atomic E-state index is 0.766. The average molecular weight is 288 g/mol. The van der Waals surface area contributed by atoms with E-state index in [2.05, 4.69) is 39.3 Å². The summed E-state index contributed by atoms with van der Waals surface area (Å²) in [5.74, 6) is 1.84. The highest BCUT2D eigenvalue weighted by Crippen LogP contribution is 2.17. The molecule has 1 aromatic heterocycles. The van der Waals surface area contributed by atoms with Crippen molar-refractivity contribution in [1.82, 2.24) is 9.97 Å². The van der Waals surface area contributed by atoms with Crippen LogP contribution in [0.3, 0.4) is 0 Å². The van der Waals surface area contributed by atoms with Crippen molar-refractivity contribution in [2.24, 2.45) is 0 Å². The Kier molecular flexibility index (Phi) is 7.05. The third-order valence-electron chi connectivity index (χ3n) is 3.89. The van der Waals surface area contributed by atoms with E-state index in [0.29, 0.717) is 0 Å². The molecule has 4 heteroatoms. The van der Waals surface area contributed by atoms with Crippen LogP contribution in [0.15, 0.2) is 24.4 Å². The zero-order valence-corrected chi connectivity index (χ0v) is 13.2. The maximum absolute atomic E-state index is 4.66. The summed E-state index contributed by atoms with van der Waals surface area (Å²) in [5, 5.41) is 3.34. The molecule has 0 amide bonds. The van der Waals surface area contributed by atoms with Gasteiger partial charge in [-0.15, -0.1) is 0 Å². The van der Waals surface area contributed by atoms with Crippen LogP contribution in [0.5, 0.6) is 0 Å². The molecule has 116 valence electrons. The molecule has 0 aromatic carbocycles. The number of nitrogens with one attached hydrogen (secondary N) is 1. The Bertz CT molecular complexity index is 423. The maximum Gasteiger partial charge on any atom is 0.224 e. The normalized spacial score (nSPS) is 16.1. The molecule has 21 heavy (non-hydrogen) atoms. The number of allylic oxidation sites excluding steroid dienone is 2. The van der Waals surface area contributed by atoms with Crippen molar-refractivity contribution in [3.8, 4) is 0 Å². The molecule has 1 saturated heterocycles. The van der Waals surface area contributed by atoms with Gasteiger partial charge in [0.05, 0.1) is 0 Å². The quantitative estimate of drug-likeness (QED) is 0.608. The van der Waals surface area contributed by atoms with Gasteiger partial charge in [0.15, 0.2) is 0 Å². The Morgan fingerprint density at radius 3 is 2.76 bits per heavy atom. The third-order valence-corrected chi connectivity index (χ3v) is 3.89. The van der Waals surface area contributed by atoms with Crippen LogP contribution in [0.25, 0.3) is 0 Å². The lowest BCUT2D eigenvalue weighted by atomic mass is 10.2. The lowest BCUT2D eigenvalue weighted by Gasteiger charge is -2.21. The van der Waals surface area contributed by atoms with Crippen LogP contribution >= 0.6 is 0 Å². The lowest BCUT2D eigenvalue weighted by molar-refractivity contribution is 0.726. The van der Waals surface area contributed by atoms with E-state index in [0.717, 1.165) is 44.2 Å². The van der Waals surface area contributed by atoms with Crippen LogP contribution in [0.2, 0.25) is 0 Å². The first-order chi connectivity index (χ1) is 10.4. The predicted octanol–water partition coefficient (Wildman–Crippen LogP) is 4.02. The SMILES string of the molecule is C/C=C/CCCCNc1nccc(N2CCCCCC2)n1. The van der Waals surface area contributed by atoms with E-state index in [1.165, 1.54) is 32.1 Å². The van der Waals surface area contributed by atoms with Gasteiger partial charge in [-0.2, -0.15) is 4.98 Å². The standard InChI is InChI=1S/C17H28N4/c1-2-3-4-5-8-12-18-17-19-13-11-16(20-17)21-14-9-6-7-10-15-21/h2-3,11,13H,4-10,12,14-15H2,1H3,(H,18,19,20)/b3-2+. The molecular weight excluding hydrogens is 260 g/mol. The molecule has 1 aromatic rings. The van der Waals surface area contributed by atoms with Gasteiger partial charge in [0.1, 0.15) is 5.82 Å². The van der Waals surface area contributed by atoms with Gasteiger partial charge in [0.2, 0.25) is 5.95 Å². The first-order valence-electron chi connectivity index (χ1n) is 8.33. The molecule has 1 aliphatic heterocycles. The fraction of sp³-hybridized carbons (Fsp3) is 0.647. The molecule has 0 unspecified atom stereocenters. The Hall–Kier alpha value is -1.58. The zero-order valence-electron chi connectivity index (χ0n) is 13.2. The van der Waals surface area contributed by atoms with Gasteiger partial charge in [-0.1, -0.05) is 25.0 Å². The molecule has 0 radical (unpaired) electrons. The Morgan fingerprint density at radius 2 is 2.00 bits per heavy atom. The van der Waals surface area contributed by atoms with E-state index >= 15 is 0 Å². The number of hydrogen-bond donors (Lipinski definition) is 1. The monoisotopic (exact) mass is 288 g/mol. The van der Waals surface area contributed by atoms with E-state index in [1.807, 2.05) is 12.3 Å². The highest BCUT2D eigenvalue weighted by atomic mass is 15.2. The summed E-state index contributed by atoms with van der Waals surface area (Å²) in [6.07, 6.45) is 15.0. The summed E-state index contributed by atoms with van der Waals surface area (Å²) < 4.78 is 0. The van der Waals surface area contributed by atoms with Crippen molar-refractivity contribution in [2.75, 3.05) is 29.9 Å². The van der Waals surface area contributed by atoms with Gasteiger partial charge in [0.25, 0.3) is 0 Å². The van der Waals surface area contributed by atoms with E-state index in [1.54, 1.807) is 0 Å². The largest absolute Gasteiger partial charge is 0.356 e. The second-order valence-corrected chi connectivity index (χ2v) is 5.63.